The summed E-state index contributed by atoms with van der Waals surface area (Å²) in [7, 11) is 0. The molecule has 2 rings (SSSR count). The van der Waals surface area contributed by atoms with Crippen LogP contribution in [0.2, 0.25) is 0 Å². The second-order valence-electron chi connectivity index (χ2n) is 5.30. The molecule has 0 heterocycles. The van der Waals surface area contributed by atoms with E-state index in [0.717, 1.165) is 30.6 Å². The molecule has 104 valence electrons. The zero-order valence-corrected chi connectivity index (χ0v) is 10.2. The first-order valence-corrected chi connectivity index (χ1v) is 6.49. The molecule has 0 aromatic heterocycles. The average molecular weight is 264 g/mol. The molecule has 2 fully saturated rings. The second kappa shape index (κ2) is 5.07. The van der Waals surface area contributed by atoms with E-state index in [2.05, 4.69) is 0 Å². The zero-order chi connectivity index (χ0) is 13.3. The van der Waals surface area contributed by atoms with Crippen LogP contribution in [0.25, 0.3) is 0 Å². The van der Waals surface area contributed by atoms with Gasteiger partial charge in [0.15, 0.2) is 0 Å². The summed E-state index contributed by atoms with van der Waals surface area (Å²) < 4.78 is 37.2. The Balaban J connectivity index is 1.96. The summed E-state index contributed by atoms with van der Waals surface area (Å²) in [6.07, 6.45) is -0.166. The smallest absolute Gasteiger partial charge is 0.332 e. The number of carbonyl (C=O) groups is 1. The minimum atomic E-state index is -4.34. The molecule has 0 aliphatic heterocycles. The number of halogens is 3. The van der Waals surface area contributed by atoms with Gasteiger partial charge >= 0.3 is 6.18 Å². The normalized spacial score (nSPS) is 30.8. The molecule has 6 heteroatoms. The Hall–Kier alpha value is -0.780. The van der Waals surface area contributed by atoms with Crippen LogP contribution in [0.1, 0.15) is 25.7 Å². The van der Waals surface area contributed by atoms with Gasteiger partial charge in [0.25, 0.3) is 0 Å². The lowest BCUT2D eigenvalue weighted by Gasteiger charge is -2.23. The number of rotatable bonds is 4. The van der Waals surface area contributed by atoms with Gasteiger partial charge in [-0.2, -0.15) is 13.2 Å². The van der Waals surface area contributed by atoms with Gasteiger partial charge in [-0.15, -0.1) is 0 Å². The average Bonchev–Trinajstić information content (AvgIpc) is 3.00. The third-order valence-electron chi connectivity index (χ3n) is 4.02. The van der Waals surface area contributed by atoms with E-state index in [4.69, 9.17) is 5.73 Å². The van der Waals surface area contributed by atoms with Gasteiger partial charge in [-0.05, 0) is 24.7 Å². The summed E-state index contributed by atoms with van der Waals surface area (Å²) in [5.41, 5.74) is 5.29. The summed E-state index contributed by atoms with van der Waals surface area (Å²) in [5, 5.41) is 0. The minimum absolute atomic E-state index is 0.00567. The van der Waals surface area contributed by atoms with Crippen LogP contribution in [0.15, 0.2) is 0 Å². The highest BCUT2D eigenvalue weighted by molar-refractivity contribution is 5.82. The maximum absolute atomic E-state index is 12.4. The third kappa shape index (κ3) is 2.96. The number of carbonyl (C=O) groups excluding carboxylic acids is 1. The van der Waals surface area contributed by atoms with Crippen molar-refractivity contribution in [3.63, 3.8) is 0 Å². The van der Waals surface area contributed by atoms with Crippen LogP contribution in [-0.2, 0) is 4.79 Å². The van der Waals surface area contributed by atoms with Crippen molar-refractivity contribution < 1.29 is 18.0 Å². The maximum atomic E-state index is 12.4. The Labute approximate surface area is 104 Å². The molecule has 0 radical (unpaired) electrons. The molecule has 2 aliphatic rings. The van der Waals surface area contributed by atoms with Gasteiger partial charge in [0.1, 0.15) is 6.54 Å². The molecule has 2 aliphatic carbocycles. The molecule has 0 aromatic carbocycles. The molecular weight excluding hydrogens is 245 g/mol. The highest BCUT2D eigenvalue weighted by Crippen LogP contribution is 2.56. The van der Waals surface area contributed by atoms with Gasteiger partial charge in [0, 0.05) is 19.0 Å². The van der Waals surface area contributed by atoms with Gasteiger partial charge in [-0.25, -0.2) is 0 Å². The number of amides is 1. The van der Waals surface area contributed by atoms with Crippen molar-refractivity contribution in [3.8, 4) is 0 Å². The van der Waals surface area contributed by atoms with Crippen LogP contribution in [0.4, 0.5) is 13.2 Å². The van der Waals surface area contributed by atoms with E-state index in [-0.39, 0.29) is 24.9 Å². The predicted molar refractivity (Wildman–Crippen MR) is 60.6 cm³/mol. The lowest BCUT2D eigenvalue weighted by molar-refractivity contribution is -0.162. The molecule has 2 saturated carbocycles. The molecule has 18 heavy (non-hydrogen) atoms. The Morgan fingerprint density at radius 2 is 1.78 bits per heavy atom. The summed E-state index contributed by atoms with van der Waals surface area (Å²) in [5.74, 6) is 0.163. The van der Waals surface area contributed by atoms with E-state index < -0.39 is 12.7 Å². The Kier molecular flexibility index (Phi) is 3.84. The molecule has 2 atom stereocenters. The van der Waals surface area contributed by atoms with Gasteiger partial charge < -0.3 is 10.6 Å². The Morgan fingerprint density at radius 1 is 1.22 bits per heavy atom. The lowest BCUT2D eigenvalue weighted by Crippen LogP contribution is -2.43. The molecule has 3 nitrogen and oxygen atoms in total. The van der Waals surface area contributed by atoms with Crippen molar-refractivity contribution >= 4 is 5.91 Å². The predicted octanol–water partition coefficient (Wildman–Crippen LogP) is 1.77. The fourth-order valence-electron chi connectivity index (χ4n) is 3.21. The van der Waals surface area contributed by atoms with Crippen molar-refractivity contribution in [2.45, 2.75) is 31.9 Å². The third-order valence-corrected chi connectivity index (χ3v) is 4.02. The maximum Gasteiger partial charge on any atom is 0.406 e. The summed E-state index contributed by atoms with van der Waals surface area (Å²) in [6, 6.07) is 0. The molecule has 0 spiro atoms. The largest absolute Gasteiger partial charge is 0.406 e. The monoisotopic (exact) mass is 264 g/mol. The summed E-state index contributed by atoms with van der Waals surface area (Å²) in [4.78, 5) is 13.0. The quantitative estimate of drug-likeness (QED) is 0.841. The summed E-state index contributed by atoms with van der Waals surface area (Å²) in [6.45, 7) is -1.10. The van der Waals surface area contributed by atoms with Crippen molar-refractivity contribution in [2.75, 3.05) is 19.6 Å². The van der Waals surface area contributed by atoms with E-state index in [1.165, 1.54) is 0 Å². The van der Waals surface area contributed by atoms with Gasteiger partial charge in [0.2, 0.25) is 5.91 Å². The number of nitrogens with two attached hydrogens (primary N) is 1. The molecule has 2 unspecified atom stereocenters. The zero-order valence-electron chi connectivity index (χ0n) is 10.2. The first kappa shape index (κ1) is 13.6. The number of alkyl halides is 3. The fourth-order valence-corrected chi connectivity index (χ4v) is 3.21. The first-order chi connectivity index (χ1) is 8.44. The molecule has 1 amide bonds. The highest BCUT2D eigenvalue weighted by atomic mass is 19.4. The van der Waals surface area contributed by atoms with Crippen LogP contribution in [-0.4, -0.2) is 36.6 Å². The van der Waals surface area contributed by atoms with E-state index >= 15 is 0 Å². The van der Waals surface area contributed by atoms with Gasteiger partial charge in [-0.3, -0.25) is 4.79 Å². The lowest BCUT2D eigenvalue weighted by atomic mass is 10.0. The van der Waals surface area contributed by atoms with Gasteiger partial charge in [-0.1, -0.05) is 12.8 Å². The van der Waals surface area contributed by atoms with E-state index in [0.29, 0.717) is 11.8 Å². The standard InChI is InChI=1S/C12H19F3N2O/c13-12(14,15)7-17(6-5-16)11(18)10-8-3-1-2-4-9(8)10/h8-10H,1-7,16H2. The Bertz CT molecular complexity index is 307. The summed E-state index contributed by atoms with van der Waals surface area (Å²) >= 11 is 0. The SMILES string of the molecule is NCCN(CC(F)(F)F)C(=O)C1C2CCCCC21. The molecule has 2 N–H and O–H groups in total. The van der Waals surface area contributed by atoms with Crippen LogP contribution in [0, 0.1) is 17.8 Å². The molecule has 0 aromatic rings. The number of fused-ring (bicyclic) bond motifs is 1. The topological polar surface area (TPSA) is 46.3 Å². The van der Waals surface area contributed by atoms with Crippen LogP contribution < -0.4 is 5.73 Å². The molecule has 0 bridgehead atoms. The first-order valence-electron chi connectivity index (χ1n) is 6.49. The van der Waals surface area contributed by atoms with E-state index in [1.54, 1.807) is 0 Å². The second-order valence-corrected chi connectivity index (χ2v) is 5.30. The van der Waals surface area contributed by atoms with Crippen molar-refractivity contribution in [1.82, 2.24) is 4.90 Å². The number of hydrogen-bond acceptors (Lipinski definition) is 2. The highest BCUT2D eigenvalue weighted by Gasteiger charge is 2.56. The van der Waals surface area contributed by atoms with Crippen molar-refractivity contribution in [3.05, 3.63) is 0 Å². The molecular formula is C12H19F3N2O. The van der Waals surface area contributed by atoms with Crippen LogP contribution >= 0.6 is 0 Å². The van der Waals surface area contributed by atoms with Crippen molar-refractivity contribution in [2.24, 2.45) is 23.5 Å². The van der Waals surface area contributed by atoms with Crippen LogP contribution in [0.5, 0.6) is 0 Å². The van der Waals surface area contributed by atoms with E-state index in [1.807, 2.05) is 0 Å². The molecule has 0 saturated heterocycles. The number of hydrogen-bond donors (Lipinski definition) is 1. The van der Waals surface area contributed by atoms with E-state index in [9.17, 15) is 18.0 Å². The number of nitrogens with zero attached hydrogens (tertiary/aromatic N) is 1. The van der Waals surface area contributed by atoms with Crippen molar-refractivity contribution in [1.29, 1.82) is 0 Å². The Morgan fingerprint density at radius 3 is 2.22 bits per heavy atom. The minimum Gasteiger partial charge on any atom is -0.332 e. The fraction of sp³-hybridized carbons (Fsp3) is 0.917. The van der Waals surface area contributed by atoms with Gasteiger partial charge in [0.05, 0.1) is 0 Å². The van der Waals surface area contributed by atoms with Crippen LogP contribution in [0.3, 0.4) is 0 Å².